The van der Waals surface area contributed by atoms with Crippen LogP contribution in [0.4, 0.5) is 0 Å². The summed E-state index contributed by atoms with van der Waals surface area (Å²) in [5.74, 6) is 0. The van der Waals surface area contributed by atoms with E-state index >= 15 is 0 Å². The van der Waals surface area contributed by atoms with E-state index in [1.807, 2.05) is 7.05 Å². The molecule has 0 atom stereocenters. The molecule has 0 bridgehead atoms. The molecule has 1 N–H and O–H groups in total. The summed E-state index contributed by atoms with van der Waals surface area (Å²) in [5, 5.41) is 3.15. The average molecular weight is 245 g/mol. The predicted octanol–water partition coefficient (Wildman–Crippen LogP) is 2.99. The second-order valence-electron chi connectivity index (χ2n) is 5.82. The molecule has 3 nitrogen and oxygen atoms in total. The maximum absolute atomic E-state index is 5.93. The van der Waals surface area contributed by atoms with E-state index in [2.05, 4.69) is 39.9 Å². The van der Waals surface area contributed by atoms with Gasteiger partial charge in [0.05, 0.1) is 17.8 Å². The third-order valence-corrected chi connectivity index (χ3v) is 2.87. The van der Waals surface area contributed by atoms with E-state index in [9.17, 15) is 0 Å². The molecule has 0 saturated carbocycles. The zero-order valence-electron chi connectivity index (χ0n) is 12.6. The smallest absolute Gasteiger partial charge is 0.0648 e. The van der Waals surface area contributed by atoms with Gasteiger partial charge in [-0.1, -0.05) is 6.92 Å². The number of rotatable bonds is 10. The first-order chi connectivity index (χ1) is 7.83. The van der Waals surface area contributed by atoms with Gasteiger partial charge in [0.2, 0.25) is 0 Å². The standard InChI is InChI=1S/C14H31NO2/c1-7-11-16-14(4,5)9-12-17-13(2,3)8-10-15-6/h15H,7-12H2,1-6H3. The fourth-order valence-electron chi connectivity index (χ4n) is 1.52. The Labute approximate surface area is 107 Å². The minimum absolute atomic E-state index is 0.0517. The third kappa shape index (κ3) is 9.57. The lowest BCUT2D eigenvalue weighted by molar-refractivity contribution is -0.0737. The van der Waals surface area contributed by atoms with Crippen LogP contribution < -0.4 is 5.32 Å². The Balaban J connectivity index is 3.80. The van der Waals surface area contributed by atoms with Crippen LogP contribution in [0.15, 0.2) is 0 Å². The molecule has 0 saturated heterocycles. The van der Waals surface area contributed by atoms with Crippen molar-refractivity contribution in [1.29, 1.82) is 0 Å². The van der Waals surface area contributed by atoms with Gasteiger partial charge in [-0.05, 0) is 60.5 Å². The molecule has 0 aromatic heterocycles. The van der Waals surface area contributed by atoms with Crippen LogP contribution in [-0.2, 0) is 9.47 Å². The zero-order chi connectivity index (χ0) is 13.4. The van der Waals surface area contributed by atoms with Crippen molar-refractivity contribution in [3.8, 4) is 0 Å². The van der Waals surface area contributed by atoms with E-state index in [0.29, 0.717) is 0 Å². The van der Waals surface area contributed by atoms with E-state index in [1.54, 1.807) is 0 Å². The van der Waals surface area contributed by atoms with Crippen LogP contribution in [0.3, 0.4) is 0 Å². The summed E-state index contributed by atoms with van der Waals surface area (Å²) in [4.78, 5) is 0. The fourth-order valence-corrected chi connectivity index (χ4v) is 1.52. The second-order valence-corrected chi connectivity index (χ2v) is 5.82. The Morgan fingerprint density at radius 2 is 1.41 bits per heavy atom. The largest absolute Gasteiger partial charge is 0.375 e. The minimum atomic E-state index is -0.0743. The van der Waals surface area contributed by atoms with Crippen LogP contribution in [0.1, 0.15) is 53.9 Å². The van der Waals surface area contributed by atoms with Crippen LogP contribution in [0, 0.1) is 0 Å². The molecule has 0 aliphatic carbocycles. The van der Waals surface area contributed by atoms with Crippen molar-refractivity contribution >= 4 is 0 Å². The highest BCUT2D eigenvalue weighted by atomic mass is 16.5. The van der Waals surface area contributed by atoms with Crippen LogP contribution in [-0.4, -0.2) is 38.0 Å². The highest BCUT2D eigenvalue weighted by Gasteiger charge is 2.22. The van der Waals surface area contributed by atoms with Gasteiger partial charge in [-0.2, -0.15) is 0 Å². The number of nitrogens with one attached hydrogen (secondary N) is 1. The van der Waals surface area contributed by atoms with Gasteiger partial charge in [0.15, 0.2) is 0 Å². The van der Waals surface area contributed by atoms with Crippen molar-refractivity contribution in [2.24, 2.45) is 0 Å². The molecular weight excluding hydrogens is 214 g/mol. The SMILES string of the molecule is CCCOC(C)(C)CCOC(C)(C)CCNC. The average Bonchev–Trinajstić information content (AvgIpc) is 2.23. The summed E-state index contributed by atoms with van der Waals surface area (Å²) >= 11 is 0. The molecule has 0 aliphatic heterocycles. The van der Waals surface area contributed by atoms with Crippen molar-refractivity contribution in [2.75, 3.05) is 26.8 Å². The number of hydrogen-bond donors (Lipinski definition) is 1. The molecule has 0 aromatic carbocycles. The summed E-state index contributed by atoms with van der Waals surface area (Å²) < 4.78 is 11.7. The van der Waals surface area contributed by atoms with Crippen molar-refractivity contribution in [3.63, 3.8) is 0 Å². The monoisotopic (exact) mass is 245 g/mol. The van der Waals surface area contributed by atoms with Gasteiger partial charge in [-0.25, -0.2) is 0 Å². The van der Waals surface area contributed by atoms with Gasteiger partial charge in [-0.3, -0.25) is 0 Å². The topological polar surface area (TPSA) is 30.5 Å². The maximum atomic E-state index is 5.93. The fraction of sp³-hybridized carbons (Fsp3) is 1.00. The minimum Gasteiger partial charge on any atom is -0.375 e. The summed E-state index contributed by atoms with van der Waals surface area (Å²) in [6, 6.07) is 0. The molecule has 0 aromatic rings. The molecule has 104 valence electrons. The Hall–Kier alpha value is -0.120. The first kappa shape index (κ1) is 16.9. The molecule has 0 amide bonds. The van der Waals surface area contributed by atoms with Crippen LogP contribution in [0.2, 0.25) is 0 Å². The van der Waals surface area contributed by atoms with Crippen LogP contribution >= 0.6 is 0 Å². The third-order valence-electron chi connectivity index (χ3n) is 2.87. The van der Waals surface area contributed by atoms with Gasteiger partial charge in [-0.15, -0.1) is 0 Å². The summed E-state index contributed by atoms with van der Waals surface area (Å²) in [7, 11) is 1.97. The van der Waals surface area contributed by atoms with Crippen molar-refractivity contribution < 1.29 is 9.47 Å². The Morgan fingerprint density at radius 1 is 0.882 bits per heavy atom. The molecule has 0 heterocycles. The lowest BCUT2D eigenvalue weighted by Gasteiger charge is -2.29. The Bertz CT molecular complexity index is 171. The molecule has 0 rings (SSSR count). The van der Waals surface area contributed by atoms with Crippen molar-refractivity contribution in [2.45, 2.75) is 65.1 Å². The normalized spacial score (nSPS) is 13.1. The van der Waals surface area contributed by atoms with E-state index in [-0.39, 0.29) is 11.2 Å². The highest BCUT2D eigenvalue weighted by Crippen LogP contribution is 2.19. The number of hydrogen-bond acceptors (Lipinski definition) is 3. The van der Waals surface area contributed by atoms with Gasteiger partial charge >= 0.3 is 0 Å². The van der Waals surface area contributed by atoms with Gasteiger partial charge in [0, 0.05) is 6.61 Å². The van der Waals surface area contributed by atoms with Gasteiger partial charge in [0.25, 0.3) is 0 Å². The van der Waals surface area contributed by atoms with E-state index in [4.69, 9.17) is 9.47 Å². The summed E-state index contributed by atoms with van der Waals surface area (Å²) in [6.07, 6.45) is 3.04. The maximum Gasteiger partial charge on any atom is 0.0648 e. The van der Waals surface area contributed by atoms with E-state index in [1.165, 1.54) is 0 Å². The molecule has 0 unspecified atom stereocenters. The van der Waals surface area contributed by atoms with E-state index in [0.717, 1.165) is 39.0 Å². The van der Waals surface area contributed by atoms with Gasteiger partial charge in [0.1, 0.15) is 0 Å². The molecule has 0 radical (unpaired) electrons. The van der Waals surface area contributed by atoms with E-state index < -0.39 is 0 Å². The zero-order valence-corrected chi connectivity index (χ0v) is 12.6. The Kier molecular flexibility index (Phi) is 8.01. The first-order valence-corrected chi connectivity index (χ1v) is 6.75. The van der Waals surface area contributed by atoms with Crippen molar-refractivity contribution in [1.82, 2.24) is 5.32 Å². The van der Waals surface area contributed by atoms with Crippen LogP contribution in [0.5, 0.6) is 0 Å². The first-order valence-electron chi connectivity index (χ1n) is 6.75. The Morgan fingerprint density at radius 3 is 1.94 bits per heavy atom. The van der Waals surface area contributed by atoms with Crippen LogP contribution in [0.25, 0.3) is 0 Å². The second kappa shape index (κ2) is 8.06. The molecule has 3 heteroatoms. The lowest BCUT2D eigenvalue weighted by atomic mass is 10.0. The van der Waals surface area contributed by atoms with Crippen molar-refractivity contribution in [3.05, 3.63) is 0 Å². The summed E-state index contributed by atoms with van der Waals surface area (Å²) in [5.41, 5.74) is -0.126. The number of ether oxygens (including phenoxy) is 2. The molecule has 0 fully saturated rings. The predicted molar refractivity (Wildman–Crippen MR) is 73.5 cm³/mol. The summed E-state index contributed by atoms with van der Waals surface area (Å²) in [6.45, 7) is 13.3. The molecule has 17 heavy (non-hydrogen) atoms. The lowest BCUT2D eigenvalue weighted by Crippen LogP contribution is -2.32. The molecule has 0 aliphatic rings. The molecule has 0 spiro atoms. The molecular formula is C14H31NO2. The highest BCUT2D eigenvalue weighted by molar-refractivity contribution is 4.72. The quantitative estimate of drug-likeness (QED) is 0.642. The van der Waals surface area contributed by atoms with Gasteiger partial charge < -0.3 is 14.8 Å².